The molecule has 1 fully saturated rings. The van der Waals surface area contributed by atoms with Gasteiger partial charge in [0.2, 0.25) is 0 Å². The molecule has 1 aliphatic rings. The van der Waals surface area contributed by atoms with Crippen LogP contribution in [0.5, 0.6) is 0 Å². The van der Waals surface area contributed by atoms with Crippen molar-refractivity contribution in [3.05, 3.63) is 58.3 Å². The molecule has 4 heteroatoms. The second-order valence-corrected chi connectivity index (χ2v) is 5.76. The second-order valence-electron chi connectivity index (χ2n) is 4.93. The van der Waals surface area contributed by atoms with Gasteiger partial charge in [-0.25, -0.2) is 4.98 Å². The molecule has 2 aromatic rings. The van der Waals surface area contributed by atoms with Gasteiger partial charge in [-0.05, 0) is 48.6 Å². The van der Waals surface area contributed by atoms with Crippen LogP contribution < -0.4 is 5.32 Å². The minimum atomic E-state index is 0.506. The van der Waals surface area contributed by atoms with E-state index in [1.54, 1.807) is 12.3 Å². The van der Waals surface area contributed by atoms with Crippen molar-refractivity contribution in [2.24, 2.45) is 0 Å². The lowest BCUT2D eigenvalue weighted by Crippen LogP contribution is -2.34. The largest absolute Gasteiger partial charge is 0.381 e. The standard InChI is InChI=1S/C15H14Cl2N2/c16-12-3-1-2-10(6-12)11-7-14(8-11)19-13-4-5-15(17)18-9-13/h1-6,9,11,14,19H,7-8H2. The lowest BCUT2D eigenvalue weighted by molar-refractivity contribution is 0.374. The van der Waals surface area contributed by atoms with Gasteiger partial charge in [0.25, 0.3) is 0 Å². The molecular formula is C15H14Cl2N2. The van der Waals surface area contributed by atoms with E-state index >= 15 is 0 Å². The van der Waals surface area contributed by atoms with Gasteiger partial charge in [0.1, 0.15) is 5.15 Å². The molecule has 0 aliphatic heterocycles. The zero-order valence-electron chi connectivity index (χ0n) is 10.3. The lowest BCUT2D eigenvalue weighted by Gasteiger charge is -2.36. The van der Waals surface area contributed by atoms with Gasteiger partial charge < -0.3 is 5.32 Å². The summed E-state index contributed by atoms with van der Waals surface area (Å²) in [7, 11) is 0. The molecule has 1 aromatic carbocycles. The smallest absolute Gasteiger partial charge is 0.129 e. The average Bonchev–Trinajstić information content (AvgIpc) is 2.35. The Morgan fingerprint density at radius 2 is 1.95 bits per heavy atom. The molecule has 1 aliphatic carbocycles. The van der Waals surface area contributed by atoms with Crippen LogP contribution in [0, 0.1) is 0 Å². The van der Waals surface area contributed by atoms with Crippen LogP contribution in [-0.4, -0.2) is 11.0 Å². The number of nitrogens with one attached hydrogen (secondary N) is 1. The van der Waals surface area contributed by atoms with E-state index in [2.05, 4.69) is 22.4 Å². The maximum Gasteiger partial charge on any atom is 0.129 e. The molecule has 1 heterocycles. The Bertz CT molecular complexity index is 563. The molecule has 0 radical (unpaired) electrons. The molecule has 98 valence electrons. The van der Waals surface area contributed by atoms with E-state index in [1.165, 1.54) is 5.56 Å². The first-order valence-electron chi connectivity index (χ1n) is 6.34. The van der Waals surface area contributed by atoms with Gasteiger partial charge in [-0.3, -0.25) is 0 Å². The molecule has 0 unspecified atom stereocenters. The molecule has 0 saturated heterocycles. The maximum absolute atomic E-state index is 6.01. The summed E-state index contributed by atoms with van der Waals surface area (Å²) in [6, 6.07) is 12.4. The summed E-state index contributed by atoms with van der Waals surface area (Å²) in [6.45, 7) is 0. The molecule has 0 bridgehead atoms. The molecule has 0 spiro atoms. The van der Waals surface area contributed by atoms with E-state index in [0.717, 1.165) is 23.6 Å². The molecule has 1 saturated carbocycles. The van der Waals surface area contributed by atoms with E-state index in [0.29, 0.717) is 17.1 Å². The summed E-state index contributed by atoms with van der Waals surface area (Å²) in [4.78, 5) is 4.06. The third kappa shape index (κ3) is 3.02. The Morgan fingerprint density at radius 3 is 2.63 bits per heavy atom. The van der Waals surface area contributed by atoms with E-state index < -0.39 is 0 Å². The highest BCUT2D eigenvalue weighted by atomic mass is 35.5. The Balaban J connectivity index is 1.57. The molecule has 1 N–H and O–H groups in total. The van der Waals surface area contributed by atoms with Gasteiger partial charge in [0.05, 0.1) is 11.9 Å². The van der Waals surface area contributed by atoms with Crippen LogP contribution in [-0.2, 0) is 0 Å². The molecule has 19 heavy (non-hydrogen) atoms. The molecule has 0 amide bonds. The van der Waals surface area contributed by atoms with E-state index in [-0.39, 0.29) is 0 Å². The fourth-order valence-corrected chi connectivity index (χ4v) is 2.78. The molecule has 0 atom stereocenters. The van der Waals surface area contributed by atoms with E-state index in [1.807, 2.05) is 18.2 Å². The van der Waals surface area contributed by atoms with Crippen molar-refractivity contribution in [1.82, 2.24) is 4.98 Å². The SMILES string of the molecule is Clc1cccc(C2CC(Nc3ccc(Cl)nc3)C2)c1. The highest BCUT2D eigenvalue weighted by Crippen LogP contribution is 2.39. The summed E-state index contributed by atoms with van der Waals surface area (Å²) in [6.07, 6.45) is 4.03. The number of pyridine rings is 1. The predicted octanol–water partition coefficient (Wildman–Crippen LogP) is 4.75. The van der Waals surface area contributed by atoms with Gasteiger partial charge in [0.15, 0.2) is 0 Å². The Kier molecular flexibility index (Phi) is 3.63. The van der Waals surface area contributed by atoms with Crippen LogP contribution in [0.25, 0.3) is 0 Å². The first kappa shape index (κ1) is 12.8. The van der Waals surface area contributed by atoms with Gasteiger partial charge in [0, 0.05) is 11.1 Å². The van der Waals surface area contributed by atoms with Crippen molar-refractivity contribution < 1.29 is 0 Å². The summed E-state index contributed by atoms with van der Waals surface area (Å²) >= 11 is 11.8. The number of anilines is 1. The third-order valence-corrected chi connectivity index (χ3v) is 4.02. The predicted molar refractivity (Wildman–Crippen MR) is 80.1 cm³/mol. The van der Waals surface area contributed by atoms with Crippen LogP contribution in [0.15, 0.2) is 42.6 Å². The third-order valence-electron chi connectivity index (χ3n) is 3.56. The molecule has 2 nitrogen and oxygen atoms in total. The molecule has 1 aromatic heterocycles. The van der Waals surface area contributed by atoms with Gasteiger partial charge in [-0.15, -0.1) is 0 Å². The van der Waals surface area contributed by atoms with Crippen molar-refractivity contribution in [2.75, 3.05) is 5.32 Å². The Hall–Kier alpha value is -1.25. The Morgan fingerprint density at radius 1 is 1.11 bits per heavy atom. The summed E-state index contributed by atoms with van der Waals surface area (Å²) in [5.41, 5.74) is 2.36. The first-order chi connectivity index (χ1) is 9.20. The maximum atomic E-state index is 6.01. The zero-order chi connectivity index (χ0) is 13.2. The van der Waals surface area contributed by atoms with Crippen molar-refractivity contribution in [3.63, 3.8) is 0 Å². The van der Waals surface area contributed by atoms with Crippen LogP contribution in [0.3, 0.4) is 0 Å². The summed E-state index contributed by atoms with van der Waals surface area (Å²) in [5.74, 6) is 0.608. The van der Waals surface area contributed by atoms with Crippen LogP contribution in [0.1, 0.15) is 24.3 Å². The van der Waals surface area contributed by atoms with Crippen LogP contribution in [0.4, 0.5) is 5.69 Å². The van der Waals surface area contributed by atoms with E-state index in [4.69, 9.17) is 23.2 Å². The fraction of sp³-hybridized carbons (Fsp3) is 0.267. The first-order valence-corrected chi connectivity index (χ1v) is 7.10. The van der Waals surface area contributed by atoms with Crippen molar-refractivity contribution in [3.8, 4) is 0 Å². The van der Waals surface area contributed by atoms with Gasteiger partial charge in [-0.2, -0.15) is 0 Å². The van der Waals surface area contributed by atoms with Gasteiger partial charge >= 0.3 is 0 Å². The molecule has 3 rings (SSSR count). The quantitative estimate of drug-likeness (QED) is 0.826. The number of benzene rings is 1. The van der Waals surface area contributed by atoms with Gasteiger partial charge in [-0.1, -0.05) is 35.3 Å². The normalized spacial score (nSPS) is 21.8. The monoisotopic (exact) mass is 292 g/mol. The minimum absolute atomic E-state index is 0.506. The Labute approximate surface area is 122 Å². The van der Waals surface area contributed by atoms with Crippen molar-refractivity contribution in [1.29, 1.82) is 0 Å². The number of aromatic nitrogens is 1. The second kappa shape index (κ2) is 5.40. The number of halogens is 2. The van der Waals surface area contributed by atoms with Crippen molar-refractivity contribution in [2.45, 2.75) is 24.8 Å². The minimum Gasteiger partial charge on any atom is -0.381 e. The highest BCUT2D eigenvalue weighted by molar-refractivity contribution is 6.30. The summed E-state index contributed by atoms with van der Waals surface area (Å²) < 4.78 is 0. The number of nitrogens with zero attached hydrogens (tertiary/aromatic N) is 1. The fourth-order valence-electron chi connectivity index (χ4n) is 2.47. The zero-order valence-corrected chi connectivity index (χ0v) is 11.8. The number of hydrogen-bond acceptors (Lipinski definition) is 2. The number of rotatable bonds is 3. The van der Waals surface area contributed by atoms with Crippen LogP contribution in [0.2, 0.25) is 10.2 Å². The van der Waals surface area contributed by atoms with E-state index in [9.17, 15) is 0 Å². The lowest BCUT2D eigenvalue weighted by atomic mass is 9.76. The summed E-state index contributed by atoms with van der Waals surface area (Å²) in [5, 5.41) is 4.81. The highest BCUT2D eigenvalue weighted by Gasteiger charge is 2.30. The van der Waals surface area contributed by atoms with Crippen molar-refractivity contribution >= 4 is 28.9 Å². The molecular weight excluding hydrogens is 279 g/mol. The average molecular weight is 293 g/mol. The number of hydrogen-bond donors (Lipinski definition) is 1. The van der Waals surface area contributed by atoms with Crippen LogP contribution >= 0.6 is 23.2 Å². The topological polar surface area (TPSA) is 24.9 Å².